The van der Waals surface area contributed by atoms with Crippen LogP contribution in [0.4, 0.5) is 10.5 Å². The second-order valence-electron chi connectivity index (χ2n) is 7.33. The maximum atomic E-state index is 12.9. The molecular formula is C20H27N3O4. The molecule has 2 aliphatic rings. The summed E-state index contributed by atoms with van der Waals surface area (Å²) in [5.41, 5.74) is -0.318. The maximum Gasteiger partial charge on any atom is 0.325 e. The van der Waals surface area contributed by atoms with Gasteiger partial charge in [-0.05, 0) is 37.3 Å². The molecule has 146 valence electrons. The molecule has 1 heterocycles. The normalized spacial score (nSPS) is 24.8. The standard InChI is InChI=1S/C20H27N3O4/c1-3-12-27-16-10-5-4-9-15(16)21-17(24)13-23-18(25)20(22-19(23)26)11-7-6-8-14(20)2/h4-5,9-10,14H,3,6-8,11-13H2,1-2H3,(H,21,24)(H,22,26). The van der Waals surface area contributed by atoms with E-state index in [4.69, 9.17) is 4.74 Å². The lowest BCUT2D eigenvalue weighted by molar-refractivity contribution is -0.136. The number of carbonyl (C=O) groups is 3. The predicted octanol–water partition coefficient (Wildman–Crippen LogP) is 2.91. The molecule has 0 bridgehead atoms. The number of amides is 4. The lowest BCUT2D eigenvalue weighted by Gasteiger charge is -2.36. The van der Waals surface area contributed by atoms with Gasteiger partial charge in [0.15, 0.2) is 0 Å². The number of nitrogens with one attached hydrogen (secondary N) is 2. The molecule has 2 atom stereocenters. The fourth-order valence-corrected chi connectivity index (χ4v) is 3.88. The molecule has 2 unspecified atom stereocenters. The monoisotopic (exact) mass is 373 g/mol. The summed E-state index contributed by atoms with van der Waals surface area (Å²) >= 11 is 0. The summed E-state index contributed by atoms with van der Waals surface area (Å²) < 4.78 is 5.63. The van der Waals surface area contributed by atoms with Gasteiger partial charge in [-0.25, -0.2) is 4.79 Å². The van der Waals surface area contributed by atoms with Crippen molar-refractivity contribution in [3.05, 3.63) is 24.3 Å². The second kappa shape index (κ2) is 7.98. The Balaban J connectivity index is 1.68. The van der Waals surface area contributed by atoms with E-state index in [9.17, 15) is 14.4 Å². The van der Waals surface area contributed by atoms with Crippen LogP contribution in [0.15, 0.2) is 24.3 Å². The molecule has 1 saturated heterocycles. The molecule has 1 aromatic carbocycles. The smallest absolute Gasteiger partial charge is 0.325 e. The number of para-hydroxylation sites is 2. The molecule has 0 aromatic heterocycles. The third-order valence-electron chi connectivity index (χ3n) is 5.43. The lowest BCUT2D eigenvalue weighted by Crippen LogP contribution is -2.54. The molecule has 0 radical (unpaired) electrons. The van der Waals surface area contributed by atoms with E-state index in [0.29, 0.717) is 24.5 Å². The zero-order valence-corrected chi connectivity index (χ0v) is 15.9. The van der Waals surface area contributed by atoms with Gasteiger partial charge in [-0.2, -0.15) is 0 Å². The van der Waals surface area contributed by atoms with Gasteiger partial charge < -0.3 is 15.4 Å². The van der Waals surface area contributed by atoms with E-state index in [0.717, 1.165) is 30.6 Å². The Morgan fingerprint density at radius 2 is 2.11 bits per heavy atom. The molecule has 7 heteroatoms. The summed E-state index contributed by atoms with van der Waals surface area (Å²) in [5, 5.41) is 5.61. The van der Waals surface area contributed by atoms with Crippen molar-refractivity contribution < 1.29 is 19.1 Å². The molecule has 1 saturated carbocycles. The van der Waals surface area contributed by atoms with E-state index in [1.54, 1.807) is 18.2 Å². The third-order valence-corrected chi connectivity index (χ3v) is 5.43. The Bertz CT molecular complexity index is 736. The Hall–Kier alpha value is -2.57. The zero-order valence-electron chi connectivity index (χ0n) is 15.9. The number of benzene rings is 1. The highest BCUT2D eigenvalue weighted by atomic mass is 16.5. The number of hydrogen-bond acceptors (Lipinski definition) is 4. The van der Waals surface area contributed by atoms with Crippen LogP contribution in [-0.2, 0) is 9.59 Å². The van der Waals surface area contributed by atoms with E-state index in [1.165, 1.54) is 0 Å². The topological polar surface area (TPSA) is 87.7 Å². The number of rotatable bonds is 6. The number of ether oxygens (including phenoxy) is 1. The van der Waals surface area contributed by atoms with E-state index in [2.05, 4.69) is 10.6 Å². The number of imide groups is 1. The molecular weight excluding hydrogens is 346 g/mol. The molecule has 2 N–H and O–H groups in total. The van der Waals surface area contributed by atoms with E-state index in [-0.39, 0.29) is 18.4 Å². The van der Waals surface area contributed by atoms with E-state index < -0.39 is 17.5 Å². The van der Waals surface area contributed by atoms with Crippen LogP contribution >= 0.6 is 0 Å². The van der Waals surface area contributed by atoms with Crippen LogP contribution in [0.1, 0.15) is 46.0 Å². The molecule has 3 rings (SSSR count). The SMILES string of the molecule is CCCOc1ccccc1NC(=O)CN1C(=O)NC2(CCCCC2C)C1=O. The van der Waals surface area contributed by atoms with Crippen molar-refractivity contribution in [2.24, 2.45) is 5.92 Å². The Labute approximate surface area is 159 Å². The average molecular weight is 373 g/mol. The van der Waals surface area contributed by atoms with Gasteiger partial charge in [0, 0.05) is 0 Å². The van der Waals surface area contributed by atoms with Gasteiger partial charge in [-0.15, -0.1) is 0 Å². The van der Waals surface area contributed by atoms with Gasteiger partial charge >= 0.3 is 6.03 Å². The Kier molecular flexibility index (Phi) is 5.68. The quantitative estimate of drug-likeness (QED) is 0.751. The fraction of sp³-hybridized carbons (Fsp3) is 0.550. The minimum Gasteiger partial charge on any atom is -0.491 e. The molecule has 1 aromatic rings. The number of anilines is 1. The molecule has 1 spiro atoms. The summed E-state index contributed by atoms with van der Waals surface area (Å²) in [6.07, 6.45) is 4.34. The first-order valence-electron chi connectivity index (χ1n) is 9.63. The van der Waals surface area contributed by atoms with Crippen molar-refractivity contribution in [2.75, 3.05) is 18.5 Å². The first-order valence-corrected chi connectivity index (χ1v) is 9.63. The maximum absolute atomic E-state index is 12.9. The fourth-order valence-electron chi connectivity index (χ4n) is 3.88. The summed E-state index contributed by atoms with van der Waals surface area (Å²) in [6, 6.07) is 6.64. The van der Waals surface area contributed by atoms with Crippen LogP contribution in [0.5, 0.6) is 5.75 Å². The van der Waals surface area contributed by atoms with Gasteiger partial charge in [-0.1, -0.05) is 38.8 Å². The highest BCUT2D eigenvalue weighted by Crippen LogP contribution is 2.38. The lowest BCUT2D eigenvalue weighted by atomic mass is 9.73. The van der Waals surface area contributed by atoms with Crippen molar-refractivity contribution in [1.29, 1.82) is 0 Å². The molecule has 4 amide bonds. The van der Waals surface area contributed by atoms with E-state index >= 15 is 0 Å². The van der Waals surface area contributed by atoms with Crippen LogP contribution in [0.3, 0.4) is 0 Å². The summed E-state index contributed by atoms with van der Waals surface area (Å²) in [5.74, 6) is -0.0712. The molecule has 7 nitrogen and oxygen atoms in total. The summed E-state index contributed by atoms with van der Waals surface area (Å²) in [4.78, 5) is 38.9. The summed E-state index contributed by atoms with van der Waals surface area (Å²) in [7, 11) is 0. The largest absolute Gasteiger partial charge is 0.491 e. The first kappa shape index (κ1) is 19.2. The minimum absolute atomic E-state index is 0.0685. The summed E-state index contributed by atoms with van der Waals surface area (Å²) in [6.45, 7) is 4.23. The zero-order chi connectivity index (χ0) is 19.4. The van der Waals surface area contributed by atoms with E-state index in [1.807, 2.05) is 19.9 Å². The number of urea groups is 1. The van der Waals surface area contributed by atoms with Crippen LogP contribution in [0.2, 0.25) is 0 Å². The van der Waals surface area contributed by atoms with Gasteiger partial charge in [0.25, 0.3) is 5.91 Å². The van der Waals surface area contributed by atoms with Crippen molar-refractivity contribution >= 4 is 23.5 Å². The van der Waals surface area contributed by atoms with Crippen LogP contribution < -0.4 is 15.4 Å². The molecule has 27 heavy (non-hydrogen) atoms. The number of hydrogen-bond donors (Lipinski definition) is 2. The molecule has 1 aliphatic heterocycles. The van der Waals surface area contributed by atoms with Gasteiger partial charge in [0.1, 0.15) is 17.8 Å². The van der Waals surface area contributed by atoms with Gasteiger partial charge in [-0.3, -0.25) is 14.5 Å². The first-order chi connectivity index (χ1) is 13.0. The molecule has 2 fully saturated rings. The van der Waals surface area contributed by atoms with Crippen LogP contribution in [0, 0.1) is 5.92 Å². The van der Waals surface area contributed by atoms with Crippen LogP contribution in [0.25, 0.3) is 0 Å². The average Bonchev–Trinajstić information content (AvgIpc) is 2.88. The van der Waals surface area contributed by atoms with Crippen LogP contribution in [-0.4, -0.2) is 41.4 Å². The van der Waals surface area contributed by atoms with Crippen molar-refractivity contribution in [2.45, 2.75) is 51.5 Å². The Morgan fingerprint density at radius 1 is 1.33 bits per heavy atom. The van der Waals surface area contributed by atoms with Crippen molar-refractivity contribution in [1.82, 2.24) is 10.2 Å². The predicted molar refractivity (Wildman–Crippen MR) is 101 cm³/mol. The number of nitrogens with zero attached hydrogens (tertiary/aromatic N) is 1. The Morgan fingerprint density at radius 3 is 2.85 bits per heavy atom. The van der Waals surface area contributed by atoms with Gasteiger partial charge in [0.05, 0.1) is 12.3 Å². The second-order valence-corrected chi connectivity index (χ2v) is 7.33. The number of carbonyl (C=O) groups excluding carboxylic acids is 3. The van der Waals surface area contributed by atoms with Crippen molar-refractivity contribution in [3.63, 3.8) is 0 Å². The van der Waals surface area contributed by atoms with Gasteiger partial charge in [0.2, 0.25) is 5.91 Å². The highest BCUT2D eigenvalue weighted by Gasteiger charge is 2.55. The molecule has 1 aliphatic carbocycles. The highest BCUT2D eigenvalue weighted by molar-refractivity contribution is 6.10. The minimum atomic E-state index is -0.849. The van der Waals surface area contributed by atoms with Crippen molar-refractivity contribution in [3.8, 4) is 5.75 Å². The third kappa shape index (κ3) is 3.77.